The third-order valence-electron chi connectivity index (χ3n) is 2.31. The highest BCUT2D eigenvalue weighted by molar-refractivity contribution is 5.46. The molecule has 0 amide bonds. The van der Waals surface area contributed by atoms with Gasteiger partial charge in [-0.25, -0.2) is 9.97 Å². The van der Waals surface area contributed by atoms with Crippen LogP contribution in [-0.4, -0.2) is 15.1 Å². The minimum absolute atomic E-state index is 0.604. The summed E-state index contributed by atoms with van der Waals surface area (Å²) in [5.41, 5.74) is 1.03. The molecule has 70 valence electrons. The van der Waals surface area contributed by atoms with Gasteiger partial charge in [0.25, 0.3) is 0 Å². The molecule has 2 heterocycles. The first kappa shape index (κ1) is 7.67. The Balaban J connectivity index is 1.96. The van der Waals surface area contributed by atoms with E-state index in [1.807, 2.05) is 6.07 Å². The second kappa shape index (κ2) is 2.90. The molecule has 2 aromatic heterocycles. The highest BCUT2D eigenvalue weighted by Crippen LogP contribution is 2.40. The quantitative estimate of drug-likeness (QED) is 0.721. The molecule has 1 fully saturated rings. The van der Waals surface area contributed by atoms with Crippen LogP contribution < -0.4 is 0 Å². The summed E-state index contributed by atoms with van der Waals surface area (Å²) < 4.78 is 5.18. The van der Waals surface area contributed by atoms with Gasteiger partial charge in [0, 0.05) is 24.4 Å². The summed E-state index contributed by atoms with van der Waals surface area (Å²) in [5.74, 6) is 1.87. The van der Waals surface area contributed by atoms with E-state index in [2.05, 4.69) is 15.1 Å². The predicted octanol–water partition coefficient (Wildman–Crippen LogP) is 2.01. The van der Waals surface area contributed by atoms with Gasteiger partial charge in [0.2, 0.25) is 5.76 Å². The lowest BCUT2D eigenvalue weighted by atomic mass is 10.2. The average molecular weight is 187 g/mol. The van der Waals surface area contributed by atoms with Crippen LogP contribution in [0.3, 0.4) is 0 Å². The van der Waals surface area contributed by atoms with E-state index in [9.17, 15) is 0 Å². The van der Waals surface area contributed by atoms with E-state index in [-0.39, 0.29) is 0 Å². The predicted molar refractivity (Wildman–Crippen MR) is 49.5 cm³/mol. The molecular weight excluding hydrogens is 178 g/mol. The molecule has 0 radical (unpaired) electrons. The lowest BCUT2D eigenvalue weighted by molar-refractivity contribution is 0.421. The number of hydrogen-bond acceptors (Lipinski definition) is 4. The minimum atomic E-state index is 0.604. The zero-order valence-electron chi connectivity index (χ0n) is 7.55. The molecule has 1 aliphatic carbocycles. The second-order valence-corrected chi connectivity index (χ2v) is 3.46. The van der Waals surface area contributed by atoms with Crippen LogP contribution in [0, 0.1) is 0 Å². The van der Waals surface area contributed by atoms with Gasteiger partial charge in [-0.2, -0.15) is 0 Å². The fourth-order valence-corrected chi connectivity index (χ4v) is 1.39. The van der Waals surface area contributed by atoms with Crippen molar-refractivity contribution in [3.8, 4) is 11.6 Å². The fourth-order valence-electron chi connectivity index (χ4n) is 1.39. The summed E-state index contributed by atoms with van der Waals surface area (Å²) in [4.78, 5) is 8.19. The van der Waals surface area contributed by atoms with Crippen LogP contribution in [0.25, 0.3) is 11.6 Å². The molecular formula is C10H9N3O. The van der Waals surface area contributed by atoms with E-state index in [4.69, 9.17) is 4.52 Å². The first-order chi connectivity index (χ1) is 6.93. The van der Waals surface area contributed by atoms with Crippen molar-refractivity contribution in [2.24, 2.45) is 0 Å². The zero-order valence-corrected chi connectivity index (χ0v) is 7.55. The Hall–Kier alpha value is -1.71. The van der Waals surface area contributed by atoms with Crippen LogP contribution in [0.5, 0.6) is 0 Å². The van der Waals surface area contributed by atoms with Crippen LogP contribution in [-0.2, 0) is 0 Å². The molecule has 0 unspecified atom stereocenters. The van der Waals surface area contributed by atoms with Gasteiger partial charge < -0.3 is 4.52 Å². The molecule has 2 aromatic rings. The van der Waals surface area contributed by atoms with Gasteiger partial charge in [0.1, 0.15) is 0 Å². The Bertz CT molecular complexity index is 434. The Labute approximate surface area is 81.0 Å². The maximum Gasteiger partial charge on any atom is 0.204 e. The minimum Gasteiger partial charge on any atom is -0.353 e. The Morgan fingerprint density at radius 1 is 1.21 bits per heavy atom. The topological polar surface area (TPSA) is 51.8 Å². The molecule has 4 heteroatoms. The van der Waals surface area contributed by atoms with Crippen molar-refractivity contribution in [2.75, 3.05) is 0 Å². The highest BCUT2D eigenvalue weighted by Gasteiger charge is 2.27. The summed E-state index contributed by atoms with van der Waals surface area (Å²) in [5, 5.41) is 4.00. The third-order valence-corrected chi connectivity index (χ3v) is 2.31. The third kappa shape index (κ3) is 1.28. The molecule has 0 spiro atoms. The van der Waals surface area contributed by atoms with Crippen molar-refractivity contribution in [1.82, 2.24) is 15.1 Å². The largest absolute Gasteiger partial charge is 0.353 e. The Morgan fingerprint density at radius 2 is 2.00 bits per heavy atom. The molecule has 0 atom stereocenters. The standard InChI is InChI=1S/C10H9N3O/c1-4-11-10(12-5-1)9-6-8(13-14-9)7-2-3-7/h1,4-7H,2-3H2. The first-order valence-electron chi connectivity index (χ1n) is 4.67. The maximum absolute atomic E-state index is 5.18. The molecule has 14 heavy (non-hydrogen) atoms. The van der Waals surface area contributed by atoms with E-state index in [0.29, 0.717) is 17.5 Å². The van der Waals surface area contributed by atoms with Crippen molar-refractivity contribution < 1.29 is 4.52 Å². The SMILES string of the molecule is c1cnc(-c2cc(C3CC3)no2)nc1. The van der Waals surface area contributed by atoms with Crippen LogP contribution in [0.2, 0.25) is 0 Å². The summed E-state index contributed by atoms with van der Waals surface area (Å²) in [6, 6.07) is 3.72. The van der Waals surface area contributed by atoms with Crippen molar-refractivity contribution in [3.05, 3.63) is 30.2 Å². The van der Waals surface area contributed by atoms with Gasteiger partial charge >= 0.3 is 0 Å². The summed E-state index contributed by atoms with van der Waals surface area (Å²) >= 11 is 0. The highest BCUT2D eigenvalue weighted by atomic mass is 16.5. The second-order valence-electron chi connectivity index (χ2n) is 3.46. The van der Waals surface area contributed by atoms with Gasteiger partial charge in [-0.15, -0.1) is 0 Å². The van der Waals surface area contributed by atoms with E-state index in [0.717, 1.165) is 5.69 Å². The molecule has 0 N–H and O–H groups in total. The molecule has 3 rings (SSSR count). The van der Waals surface area contributed by atoms with Gasteiger partial charge in [-0.05, 0) is 18.9 Å². The van der Waals surface area contributed by atoms with Crippen molar-refractivity contribution in [3.63, 3.8) is 0 Å². The Kier molecular flexibility index (Phi) is 1.59. The molecule has 1 saturated carbocycles. The van der Waals surface area contributed by atoms with Gasteiger partial charge in [0.15, 0.2) is 5.82 Å². The molecule has 0 aromatic carbocycles. The van der Waals surface area contributed by atoms with Crippen molar-refractivity contribution in [1.29, 1.82) is 0 Å². The first-order valence-corrected chi connectivity index (χ1v) is 4.67. The van der Waals surface area contributed by atoms with E-state index >= 15 is 0 Å². The number of hydrogen-bond donors (Lipinski definition) is 0. The smallest absolute Gasteiger partial charge is 0.204 e. The summed E-state index contributed by atoms with van der Waals surface area (Å²) in [6.45, 7) is 0. The molecule has 4 nitrogen and oxygen atoms in total. The van der Waals surface area contributed by atoms with Crippen molar-refractivity contribution >= 4 is 0 Å². The normalized spacial score (nSPS) is 15.7. The lowest BCUT2D eigenvalue weighted by Gasteiger charge is -1.89. The number of rotatable bonds is 2. The summed E-state index contributed by atoms with van der Waals surface area (Å²) in [6.07, 6.45) is 5.84. The molecule has 1 aliphatic rings. The number of aromatic nitrogens is 3. The van der Waals surface area contributed by atoms with Gasteiger partial charge in [0.05, 0.1) is 5.69 Å². The summed E-state index contributed by atoms with van der Waals surface area (Å²) in [7, 11) is 0. The van der Waals surface area contributed by atoms with Crippen LogP contribution in [0.15, 0.2) is 29.0 Å². The van der Waals surface area contributed by atoms with Crippen LogP contribution >= 0.6 is 0 Å². The van der Waals surface area contributed by atoms with Crippen LogP contribution in [0.1, 0.15) is 24.5 Å². The zero-order chi connectivity index (χ0) is 9.38. The Morgan fingerprint density at radius 3 is 2.71 bits per heavy atom. The van der Waals surface area contributed by atoms with Crippen LogP contribution in [0.4, 0.5) is 0 Å². The maximum atomic E-state index is 5.18. The van der Waals surface area contributed by atoms with Gasteiger partial charge in [-0.1, -0.05) is 5.16 Å². The lowest BCUT2D eigenvalue weighted by Crippen LogP contribution is -1.83. The monoisotopic (exact) mass is 187 g/mol. The van der Waals surface area contributed by atoms with Gasteiger partial charge in [-0.3, -0.25) is 0 Å². The number of nitrogens with zero attached hydrogens (tertiary/aromatic N) is 3. The molecule has 0 saturated heterocycles. The fraction of sp³-hybridized carbons (Fsp3) is 0.300. The molecule has 0 bridgehead atoms. The molecule has 0 aliphatic heterocycles. The van der Waals surface area contributed by atoms with E-state index < -0.39 is 0 Å². The van der Waals surface area contributed by atoms with Crippen molar-refractivity contribution in [2.45, 2.75) is 18.8 Å². The van der Waals surface area contributed by atoms with E-state index in [1.165, 1.54) is 12.8 Å². The van der Waals surface area contributed by atoms with E-state index in [1.54, 1.807) is 18.5 Å². The average Bonchev–Trinajstić information content (AvgIpc) is 2.98.